The monoisotopic (exact) mass is 624 g/mol. The fraction of sp³-hybridized carbons (Fsp3) is 0.394. The van der Waals surface area contributed by atoms with E-state index in [1.54, 1.807) is 6.92 Å². The van der Waals surface area contributed by atoms with Crippen molar-refractivity contribution < 1.29 is 27.9 Å². The molecule has 0 spiro atoms. The topological polar surface area (TPSA) is 156 Å². The molecule has 0 bridgehead atoms. The van der Waals surface area contributed by atoms with Crippen LogP contribution in [0.3, 0.4) is 0 Å². The lowest BCUT2D eigenvalue weighted by Gasteiger charge is -2.33. The summed E-state index contributed by atoms with van der Waals surface area (Å²) in [5.74, 6) is -1.09. The molecule has 0 aliphatic rings. The van der Waals surface area contributed by atoms with Gasteiger partial charge in [-0.1, -0.05) is 67.6 Å². The molecule has 11 heteroatoms. The van der Waals surface area contributed by atoms with E-state index in [1.165, 1.54) is 35.7 Å². The number of nitrogens with zero attached hydrogens (tertiary/aromatic N) is 2. The number of nitrogen functional groups attached to an aromatic ring is 1. The van der Waals surface area contributed by atoms with Crippen molar-refractivity contribution in [3.63, 3.8) is 0 Å². The second-order valence-electron chi connectivity index (χ2n) is 10.8. The van der Waals surface area contributed by atoms with Gasteiger partial charge in [0.25, 0.3) is 0 Å². The van der Waals surface area contributed by atoms with Crippen molar-refractivity contribution in [2.75, 3.05) is 26.0 Å². The second-order valence-corrected chi connectivity index (χ2v) is 12.7. The summed E-state index contributed by atoms with van der Waals surface area (Å²) >= 11 is 0. The molecule has 2 amide bonds. The number of carbonyl (C=O) groups is 2. The zero-order valence-corrected chi connectivity index (χ0v) is 26.4. The number of sulfonamides is 1. The van der Waals surface area contributed by atoms with E-state index in [1.807, 2.05) is 67.6 Å². The summed E-state index contributed by atoms with van der Waals surface area (Å²) in [6, 6.07) is 22.4. The molecule has 3 aromatic rings. The van der Waals surface area contributed by atoms with E-state index in [2.05, 4.69) is 0 Å². The summed E-state index contributed by atoms with van der Waals surface area (Å²) < 4.78 is 33.3. The molecule has 0 radical (unpaired) electrons. The van der Waals surface area contributed by atoms with Crippen LogP contribution in [0.15, 0.2) is 89.8 Å². The van der Waals surface area contributed by atoms with Crippen LogP contribution in [0.2, 0.25) is 0 Å². The average molecular weight is 625 g/mol. The third-order valence-corrected chi connectivity index (χ3v) is 9.69. The average Bonchev–Trinajstić information content (AvgIpc) is 3.03. The number of carbonyl (C=O) groups excluding carboxylic acids is 2. The first-order chi connectivity index (χ1) is 21.1. The van der Waals surface area contributed by atoms with E-state index in [4.69, 9.17) is 16.2 Å². The number of ether oxygens (including phenoxy) is 1. The van der Waals surface area contributed by atoms with Gasteiger partial charge in [0.1, 0.15) is 0 Å². The first kappa shape index (κ1) is 34.7. The van der Waals surface area contributed by atoms with E-state index in [9.17, 15) is 23.1 Å². The molecule has 0 aliphatic carbocycles. The van der Waals surface area contributed by atoms with Gasteiger partial charge in [-0.15, -0.1) is 0 Å². The van der Waals surface area contributed by atoms with Crippen molar-refractivity contribution in [1.29, 1.82) is 0 Å². The molecule has 0 heterocycles. The number of aliphatic hydroxyl groups excluding tert-OH is 1. The number of hydrogen-bond acceptors (Lipinski definition) is 8. The summed E-state index contributed by atoms with van der Waals surface area (Å²) in [4.78, 5) is 28.0. The van der Waals surface area contributed by atoms with E-state index in [0.29, 0.717) is 31.4 Å². The number of anilines is 1. The summed E-state index contributed by atoms with van der Waals surface area (Å²) in [6.45, 7) is 3.42. The maximum atomic E-state index is 13.9. The minimum atomic E-state index is -3.90. The van der Waals surface area contributed by atoms with Crippen molar-refractivity contribution in [3.8, 4) is 0 Å². The van der Waals surface area contributed by atoms with Gasteiger partial charge in [0, 0.05) is 30.2 Å². The minimum Gasteiger partial charge on any atom is -0.452 e. The van der Waals surface area contributed by atoms with Crippen molar-refractivity contribution in [3.05, 3.63) is 96.1 Å². The molecule has 0 aromatic heterocycles. The van der Waals surface area contributed by atoms with Crippen LogP contribution in [0.4, 0.5) is 10.5 Å². The van der Waals surface area contributed by atoms with E-state index >= 15 is 0 Å². The van der Waals surface area contributed by atoms with Crippen molar-refractivity contribution in [2.45, 2.75) is 68.5 Å². The fourth-order valence-corrected chi connectivity index (χ4v) is 7.15. The standard InChI is InChI=1S/C33H44N4O6S/c1-4-22-36(44(41,42)29-20-18-27(34)19-21-29)28(23-38)17-11-12-24(2)37(33(40)43-3)32(39)31(35)30(25-13-7-5-8-14-25)26-15-9-6-10-16-26/h5-10,13-16,18-21,24,28,30-31,38H,4,11-12,17,22-23,34-35H2,1-3H3/t24-,28-,31-/m0/s1. The number of imide groups is 1. The fourth-order valence-electron chi connectivity index (χ4n) is 5.42. The van der Waals surface area contributed by atoms with Crippen LogP contribution in [0, 0.1) is 0 Å². The molecule has 44 heavy (non-hydrogen) atoms. The number of methoxy groups -OCH3 is 1. The van der Waals surface area contributed by atoms with Crippen molar-refractivity contribution in [1.82, 2.24) is 9.21 Å². The van der Waals surface area contributed by atoms with Crippen LogP contribution in [-0.4, -0.2) is 73.1 Å². The van der Waals surface area contributed by atoms with E-state index in [-0.39, 0.29) is 18.0 Å². The summed E-state index contributed by atoms with van der Waals surface area (Å²) in [5.41, 5.74) is 14.5. The van der Waals surface area contributed by atoms with Gasteiger partial charge < -0.3 is 21.3 Å². The molecular formula is C33H44N4O6S. The molecule has 5 N–H and O–H groups in total. The molecule has 0 saturated carbocycles. The predicted octanol–water partition coefficient (Wildman–Crippen LogP) is 4.34. The smallest absolute Gasteiger partial charge is 0.416 e. The van der Waals surface area contributed by atoms with Crippen LogP contribution in [-0.2, 0) is 19.6 Å². The molecule has 3 aromatic carbocycles. The minimum absolute atomic E-state index is 0.0924. The highest BCUT2D eigenvalue weighted by molar-refractivity contribution is 7.89. The zero-order chi connectivity index (χ0) is 32.3. The van der Waals surface area contributed by atoms with Crippen LogP contribution < -0.4 is 11.5 Å². The molecule has 238 valence electrons. The lowest BCUT2D eigenvalue weighted by Crippen LogP contribution is -2.53. The predicted molar refractivity (Wildman–Crippen MR) is 171 cm³/mol. The molecular weight excluding hydrogens is 580 g/mol. The second kappa shape index (κ2) is 16.3. The van der Waals surface area contributed by atoms with Crippen LogP contribution in [0.1, 0.15) is 56.6 Å². The van der Waals surface area contributed by atoms with Gasteiger partial charge in [-0.05, 0) is 68.0 Å². The number of nitrogens with two attached hydrogens (primary N) is 2. The Morgan fingerprint density at radius 1 is 0.909 bits per heavy atom. The highest BCUT2D eigenvalue weighted by atomic mass is 32.2. The SMILES string of the molecule is CCCN([C@H](CO)CCC[C@H](C)N(C(=O)OC)C(=O)[C@@H](N)C(c1ccccc1)c1ccccc1)S(=O)(=O)c1ccc(N)cc1. The van der Waals surface area contributed by atoms with Crippen molar-refractivity contribution >= 4 is 27.7 Å². The molecule has 10 nitrogen and oxygen atoms in total. The van der Waals surface area contributed by atoms with Crippen LogP contribution >= 0.6 is 0 Å². The van der Waals surface area contributed by atoms with Gasteiger partial charge in [0.2, 0.25) is 15.9 Å². The van der Waals surface area contributed by atoms with Crippen LogP contribution in [0.25, 0.3) is 0 Å². The number of rotatable bonds is 15. The van der Waals surface area contributed by atoms with Gasteiger partial charge in [-0.25, -0.2) is 18.1 Å². The zero-order valence-electron chi connectivity index (χ0n) is 25.6. The van der Waals surface area contributed by atoms with Crippen molar-refractivity contribution in [2.24, 2.45) is 5.73 Å². The summed E-state index contributed by atoms with van der Waals surface area (Å²) in [7, 11) is -2.69. The maximum absolute atomic E-state index is 13.9. The maximum Gasteiger partial charge on any atom is 0.416 e. The Morgan fingerprint density at radius 2 is 1.45 bits per heavy atom. The number of benzene rings is 3. The van der Waals surface area contributed by atoms with E-state index < -0.39 is 46.1 Å². The Hall–Kier alpha value is -3.77. The first-order valence-corrected chi connectivity index (χ1v) is 16.3. The molecule has 0 aliphatic heterocycles. The number of aliphatic hydroxyl groups is 1. The Kier molecular flexibility index (Phi) is 12.9. The lowest BCUT2D eigenvalue weighted by molar-refractivity contribution is -0.132. The highest BCUT2D eigenvalue weighted by Crippen LogP contribution is 2.29. The normalized spacial score (nSPS) is 13.8. The lowest BCUT2D eigenvalue weighted by atomic mass is 9.84. The first-order valence-electron chi connectivity index (χ1n) is 14.8. The van der Waals surface area contributed by atoms with Gasteiger partial charge in [0.05, 0.1) is 24.7 Å². The van der Waals surface area contributed by atoms with Crippen LogP contribution in [0.5, 0.6) is 0 Å². The summed E-state index contributed by atoms with van der Waals surface area (Å²) in [6.07, 6.45) is 0.790. The highest BCUT2D eigenvalue weighted by Gasteiger charge is 2.37. The van der Waals surface area contributed by atoms with Gasteiger partial charge in [-0.2, -0.15) is 4.31 Å². The molecule has 3 atom stereocenters. The van der Waals surface area contributed by atoms with E-state index in [0.717, 1.165) is 16.0 Å². The largest absolute Gasteiger partial charge is 0.452 e. The molecule has 0 saturated heterocycles. The van der Waals surface area contributed by atoms with Gasteiger partial charge in [0.15, 0.2) is 0 Å². The third kappa shape index (κ3) is 8.44. The Balaban J connectivity index is 1.79. The summed E-state index contributed by atoms with van der Waals surface area (Å²) in [5, 5.41) is 10.2. The van der Waals surface area contributed by atoms with Gasteiger partial charge in [-0.3, -0.25) is 4.79 Å². The Bertz CT molecular complexity index is 1400. The number of hydrogen-bond donors (Lipinski definition) is 3. The molecule has 0 fully saturated rings. The molecule has 3 rings (SSSR count). The third-order valence-electron chi connectivity index (χ3n) is 7.72. The Morgan fingerprint density at radius 3 is 1.93 bits per heavy atom. The quantitative estimate of drug-likeness (QED) is 0.211. The molecule has 0 unspecified atom stereocenters. The number of amides is 2. The Labute approximate surface area is 260 Å². The van der Waals surface area contributed by atoms with Gasteiger partial charge >= 0.3 is 6.09 Å².